The first-order valence-corrected chi connectivity index (χ1v) is 4.33. The van der Waals surface area contributed by atoms with Crippen molar-refractivity contribution in [2.75, 3.05) is 7.11 Å². The zero-order valence-electron chi connectivity index (χ0n) is 7.20. The van der Waals surface area contributed by atoms with E-state index in [0.717, 1.165) is 0 Å². The second-order valence-electron chi connectivity index (χ2n) is 2.49. The molecule has 0 bridgehead atoms. The molecule has 1 heterocycles. The Hall–Kier alpha value is -1.10. The fraction of sp³-hybridized carbons (Fsp3) is 0.250. The summed E-state index contributed by atoms with van der Waals surface area (Å²) >= 11 is 3.17. The Kier molecular flexibility index (Phi) is 2.87. The molecule has 0 unspecified atom stereocenters. The minimum absolute atomic E-state index is 0.225. The minimum Gasteiger partial charge on any atom is -0.618 e. The molecule has 0 aliphatic heterocycles. The quantitative estimate of drug-likeness (QED) is 0.424. The van der Waals surface area contributed by atoms with Gasteiger partial charge in [-0.15, -0.1) is 0 Å². The van der Waals surface area contributed by atoms with Crippen LogP contribution < -0.4 is 4.73 Å². The Morgan fingerprint density at radius 3 is 2.85 bits per heavy atom. The molecular formula is C8H8BrNO3. The summed E-state index contributed by atoms with van der Waals surface area (Å²) in [4.78, 5) is 11.1. The second-order valence-corrected chi connectivity index (χ2v) is 3.35. The normalized spacial score (nSPS) is 9.77. The summed E-state index contributed by atoms with van der Waals surface area (Å²) in [5.41, 5.74) is 0.739. The van der Waals surface area contributed by atoms with Gasteiger partial charge in [0.15, 0.2) is 11.9 Å². The van der Waals surface area contributed by atoms with E-state index in [1.54, 1.807) is 13.0 Å². The van der Waals surface area contributed by atoms with Crippen LogP contribution in [-0.2, 0) is 4.74 Å². The number of nitrogens with zero attached hydrogens (tertiary/aromatic N) is 1. The average Bonchev–Trinajstić information content (AvgIpc) is 2.10. The number of ether oxygens (including phenoxy) is 1. The molecule has 0 radical (unpaired) electrons. The minimum atomic E-state index is -0.531. The SMILES string of the molecule is COC(=O)c1c[n+]([O-])c(C)cc1Br. The third-order valence-corrected chi connectivity index (χ3v) is 2.25. The van der Waals surface area contributed by atoms with E-state index in [2.05, 4.69) is 20.7 Å². The highest BCUT2D eigenvalue weighted by Gasteiger charge is 2.15. The van der Waals surface area contributed by atoms with Crippen molar-refractivity contribution >= 4 is 21.9 Å². The lowest BCUT2D eigenvalue weighted by Crippen LogP contribution is -2.31. The Morgan fingerprint density at radius 1 is 1.69 bits per heavy atom. The topological polar surface area (TPSA) is 53.2 Å². The van der Waals surface area contributed by atoms with Crippen LogP contribution in [0.1, 0.15) is 16.1 Å². The fourth-order valence-corrected chi connectivity index (χ4v) is 1.46. The predicted molar refractivity (Wildman–Crippen MR) is 49.2 cm³/mol. The van der Waals surface area contributed by atoms with E-state index in [0.29, 0.717) is 14.9 Å². The number of esters is 1. The molecule has 0 fully saturated rings. The number of rotatable bonds is 1. The number of methoxy groups -OCH3 is 1. The number of carbonyl (C=O) groups excluding carboxylic acids is 1. The lowest BCUT2D eigenvalue weighted by Gasteiger charge is -2.04. The number of pyridine rings is 1. The summed E-state index contributed by atoms with van der Waals surface area (Å²) in [5.74, 6) is -0.531. The Morgan fingerprint density at radius 2 is 2.31 bits per heavy atom. The zero-order valence-corrected chi connectivity index (χ0v) is 8.79. The monoisotopic (exact) mass is 245 g/mol. The Balaban J connectivity index is 3.23. The highest BCUT2D eigenvalue weighted by Crippen LogP contribution is 2.16. The molecule has 0 aliphatic carbocycles. The first kappa shape index (κ1) is 9.98. The van der Waals surface area contributed by atoms with E-state index in [4.69, 9.17) is 0 Å². The van der Waals surface area contributed by atoms with E-state index < -0.39 is 5.97 Å². The number of carbonyl (C=O) groups is 1. The van der Waals surface area contributed by atoms with Gasteiger partial charge in [-0.3, -0.25) is 0 Å². The molecule has 0 spiro atoms. The van der Waals surface area contributed by atoms with Gasteiger partial charge >= 0.3 is 5.97 Å². The molecule has 0 saturated heterocycles. The Labute approximate surface area is 83.8 Å². The molecule has 0 saturated carbocycles. The van der Waals surface area contributed by atoms with Crippen LogP contribution in [0.5, 0.6) is 0 Å². The van der Waals surface area contributed by atoms with Gasteiger partial charge in [0.2, 0.25) is 0 Å². The number of aromatic nitrogens is 1. The predicted octanol–water partition coefficient (Wildman–Crippen LogP) is 1.18. The molecule has 1 aromatic rings. The van der Waals surface area contributed by atoms with Crippen molar-refractivity contribution in [2.24, 2.45) is 0 Å². The summed E-state index contributed by atoms with van der Waals surface area (Å²) in [6.45, 7) is 1.65. The van der Waals surface area contributed by atoms with E-state index >= 15 is 0 Å². The molecule has 0 aromatic carbocycles. The van der Waals surface area contributed by atoms with Gasteiger partial charge in [0.1, 0.15) is 5.56 Å². The van der Waals surface area contributed by atoms with Crippen LogP contribution >= 0.6 is 15.9 Å². The van der Waals surface area contributed by atoms with Gasteiger partial charge in [0.25, 0.3) is 0 Å². The highest BCUT2D eigenvalue weighted by molar-refractivity contribution is 9.10. The smallest absolute Gasteiger partial charge is 0.345 e. The largest absolute Gasteiger partial charge is 0.618 e. The molecule has 0 amide bonds. The van der Waals surface area contributed by atoms with Crippen LogP contribution in [0.4, 0.5) is 0 Å². The van der Waals surface area contributed by atoms with E-state index in [1.807, 2.05) is 0 Å². The lowest BCUT2D eigenvalue weighted by atomic mass is 10.2. The molecular weight excluding hydrogens is 238 g/mol. The fourth-order valence-electron chi connectivity index (χ4n) is 0.866. The molecule has 13 heavy (non-hydrogen) atoms. The molecule has 0 aliphatic rings. The summed E-state index contributed by atoms with van der Waals surface area (Å²) in [7, 11) is 1.27. The van der Waals surface area contributed by atoms with Crippen LogP contribution in [0.2, 0.25) is 0 Å². The Bertz CT molecular complexity index is 351. The first-order chi connectivity index (χ1) is 6.06. The standard InChI is InChI=1S/C8H8BrNO3/c1-5-3-7(9)6(4-10(5)12)8(11)13-2/h3-4H,1-2H3. The van der Waals surface area contributed by atoms with Gasteiger partial charge in [0, 0.05) is 17.5 Å². The average molecular weight is 246 g/mol. The maximum Gasteiger partial charge on any atom is 0.345 e. The zero-order chi connectivity index (χ0) is 10.0. The maximum absolute atomic E-state index is 11.1. The number of halogens is 1. The molecule has 70 valence electrons. The van der Waals surface area contributed by atoms with E-state index in [-0.39, 0.29) is 5.56 Å². The molecule has 1 aromatic heterocycles. The third-order valence-electron chi connectivity index (χ3n) is 1.59. The van der Waals surface area contributed by atoms with Gasteiger partial charge in [-0.05, 0) is 15.9 Å². The van der Waals surface area contributed by atoms with Crippen molar-refractivity contribution in [3.8, 4) is 0 Å². The maximum atomic E-state index is 11.1. The summed E-state index contributed by atoms with van der Waals surface area (Å²) in [5, 5.41) is 11.1. The van der Waals surface area contributed by atoms with Crippen LogP contribution in [0.3, 0.4) is 0 Å². The summed E-state index contributed by atoms with van der Waals surface area (Å²) < 4.78 is 5.67. The third kappa shape index (κ3) is 1.98. The highest BCUT2D eigenvalue weighted by atomic mass is 79.9. The van der Waals surface area contributed by atoms with Crippen molar-refractivity contribution in [3.05, 3.63) is 33.2 Å². The van der Waals surface area contributed by atoms with Gasteiger partial charge in [0.05, 0.1) is 7.11 Å². The first-order valence-electron chi connectivity index (χ1n) is 3.54. The van der Waals surface area contributed by atoms with Crippen LogP contribution in [0, 0.1) is 12.1 Å². The number of aryl methyl sites for hydroxylation is 1. The van der Waals surface area contributed by atoms with Gasteiger partial charge in [-0.2, -0.15) is 4.73 Å². The van der Waals surface area contributed by atoms with Crippen molar-refractivity contribution in [3.63, 3.8) is 0 Å². The molecule has 0 N–H and O–H groups in total. The molecule has 4 nitrogen and oxygen atoms in total. The molecule has 1 rings (SSSR count). The van der Waals surface area contributed by atoms with Crippen molar-refractivity contribution in [1.82, 2.24) is 0 Å². The summed E-state index contributed by atoms with van der Waals surface area (Å²) in [6, 6.07) is 1.57. The molecule has 0 atom stereocenters. The molecule has 5 heteroatoms. The second kappa shape index (κ2) is 3.74. The van der Waals surface area contributed by atoms with E-state index in [1.165, 1.54) is 13.3 Å². The van der Waals surface area contributed by atoms with Gasteiger partial charge < -0.3 is 9.94 Å². The summed E-state index contributed by atoms with van der Waals surface area (Å²) in [6.07, 6.45) is 1.19. The van der Waals surface area contributed by atoms with Gasteiger partial charge in [-0.25, -0.2) is 4.79 Å². The van der Waals surface area contributed by atoms with Crippen molar-refractivity contribution in [1.29, 1.82) is 0 Å². The lowest BCUT2D eigenvalue weighted by molar-refractivity contribution is -0.612. The number of hydrogen-bond acceptors (Lipinski definition) is 3. The van der Waals surface area contributed by atoms with Crippen LogP contribution in [-0.4, -0.2) is 13.1 Å². The van der Waals surface area contributed by atoms with Crippen LogP contribution in [0.15, 0.2) is 16.7 Å². The van der Waals surface area contributed by atoms with Crippen molar-refractivity contribution in [2.45, 2.75) is 6.92 Å². The van der Waals surface area contributed by atoms with Gasteiger partial charge in [-0.1, -0.05) is 0 Å². The van der Waals surface area contributed by atoms with Crippen molar-refractivity contribution < 1.29 is 14.3 Å². The van der Waals surface area contributed by atoms with E-state index in [9.17, 15) is 10.0 Å². The number of hydrogen-bond donors (Lipinski definition) is 0. The van der Waals surface area contributed by atoms with Crippen LogP contribution in [0.25, 0.3) is 0 Å².